The summed E-state index contributed by atoms with van der Waals surface area (Å²) in [6.45, 7) is 1.26. The predicted molar refractivity (Wildman–Crippen MR) is 121 cm³/mol. The van der Waals surface area contributed by atoms with Gasteiger partial charge in [0, 0.05) is 23.5 Å². The minimum absolute atomic E-state index is 0.00493. The zero-order valence-corrected chi connectivity index (χ0v) is 19.3. The van der Waals surface area contributed by atoms with E-state index in [1.165, 1.54) is 18.9 Å². The Bertz CT molecular complexity index is 953. The van der Waals surface area contributed by atoms with E-state index in [9.17, 15) is 19.5 Å². The molecule has 0 bridgehead atoms. The average Bonchev–Trinajstić information content (AvgIpc) is 3.20. The molecule has 1 fully saturated rings. The Labute approximate surface area is 194 Å². The van der Waals surface area contributed by atoms with E-state index >= 15 is 0 Å². The Hall–Kier alpha value is -2.91. The number of methoxy groups -OCH3 is 1. The van der Waals surface area contributed by atoms with Crippen LogP contribution in [-0.2, 0) is 23.9 Å². The van der Waals surface area contributed by atoms with Crippen molar-refractivity contribution in [1.29, 1.82) is 0 Å². The number of halogens is 1. The van der Waals surface area contributed by atoms with Crippen molar-refractivity contribution in [1.82, 2.24) is 4.90 Å². The van der Waals surface area contributed by atoms with Gasteiger partial charge in [-0.2, -0.15) is 0 Å². The van der Waals surface area contributed by atoms with Crippen LogP contribution in [0.5, 0.6) is 0 Å². The fourth-order valence-electron chi connectivity index (χ4n) is 3.76. The summed E-state index contributed by atoms with van der Waals surface area (Å²) in [7, 11) is 1.22. The highest BCUT2D eigenvalue weighted by Gasteiger charge is 2.45. The molecule has 1 aliphatic rings. The number of hydrogen-bond donors (Lipinski definition) is 2. The maximum absolute atomic E-state index is 13.3. The van der Waals surface area contributed by atoms with E-state index in [0.717, 1.165) is 4.47 Å². The maximum atomic E-state index is 13.3. The van der Waals surface area contributed by atoms with Gasteiger partial charge in [0.25, 0.3) is 5.91 Å². The lowest BCUT2D eigenvalue weighted by Gasteiger charge is -2.30. The number of nitrogens with zero attached hydrogens (tertiary/aromatic N) is 1. The first-order valence-electron chi connectivity index (χ1n) is 10.1. The number of anilines is 1. The lowest BCUT2D eigenvalue weighted by Crippen LogP contribution is -2.48. The Morgan fingerprint density at radius 2 is 1.78 bits per heavy atom. The number of esters is 2. The Balaban J connectivity index is 1.87. The first-order valence-corrected chi connectivity index (χ1v) is 10.9. The molecule has 0 unspecified atom stereocenters. The van der Waals surface area contributed by atoms with Crippen LogP contribution in [0.3, 0.4) is 0 Å². The summed E-state index contributed by atoms with van der Waals surface area (Å²) < 4.78 is 10.9. The molecule has 4 atom stereocenters. The molecular weight excluding hydrogens is 480 g/mol. The second-order valence-electron chi connectivity index (χ2n) is 7.48. The fraction of sp³-hybridized carbons (Fsp3) is 0.348. The molecule has 2 aromatic rings. The highest BCUT2D eigenvalue weighted by Crippen LogP contribution is 2.28. The third-order valence-electron chi connectivity index (χ3n) is 5.25. The highest BCUT2D eigenvalue weighted by atomic mass is 79.9. The molecule has 9 heteroatoms. The van der Waals surface area contributed by atoms with Gasteiger partial charge in [0.15, 0.2) is 6.10 Å². The highest BCUT2D eigenvalue weighted by molar-refractivity contribution is 9.10. The molecule has 32 heavy (non-hydrogen) atoms. The van der Waals surface area contributed by atoms with E-state index < -0.39 is 42.1 Å². The SMILES string of the molecule is COC(=O)[C@@H]1C[C@H](OC(C)=O)CN1C(=O)[C@@H](O)[C@@H](Nc1ccc(Br)cc1)c1ccccc1. The molecule has 0 aromatic heterocycles. The number of likely N-dealkylation sites (tertiary alicyclic amines) is 1. The topological polar surface area (TPSA) is 105 Å². The van der Waals surface area contributed by atoms with Crippen LogP contribution < -0.4 is 5.32 Å². The van der Waals surface area contributed by atoms with Crippen LogP contribution >= 0.6 is 15.9 Å². The molecule has 2 N–H and O–H groups in total. The van der Waals surface area contributed by atoms with Crippen LogP contribution in [0.4, 0.5) is 5.69 Å². The zero-order valence-electron chi connectivity index (χ0n) is 17.7. The van der Waals surface area contributed by atoms with Crippen molar-refractivity contribution in [2.45, 2.75) is 37.6 Å². The first kappa shape index (κ1) is 23.7. The summed E-state index contributed by atoms with van der Waals surface area (Å²) >= 11 is 3.39. The number of benzene rings is 2. The molecule has 0 radical (unpaired) electrons. The molecule has 1 saturated heterocycles. The summed E-state index contributed by atoms with van der Waals surface area (Å²) in [6, 6.07) is 14.7. The average molecular weight is 505 g/mol. The number of amides is 1. The minimum atomic E-state index is -1.51. The van der Waals surface area contributed by atoms with Gasteiger partial charge >= 0.3 is 11.9 Å². The summed E-state index contributed by atoms with van der Waals surface area (Å²) in [5.41, 5.74) is 1.40. The summed E-state index contributed by atoms with van der Waals surface area (Å²) in [5, 5.41) is 14.3. The monoisotopic (exact) mass is 504 g/mol. The van der Waals surface area contributed by atoms with Crippen LogP contribution in [0.2, 0.25) is 0 Å². The van der Waals surface area contributed by atoms with E-state index in [4.69, 9.17) is 9.47 Å². The summed E-state index contributed by atoms with van der Waals surface area (Å²) in [4.78, 5) is 38.2. The normalized spacial score (nSPS) is 19.7. The third-order valence-corrected chi connectivity index (χ3v) is 5.77. The van der Waals surface area contributed by atoms with Crippen molar-refractivity contribution in [3.63, 3.8) is 0 Å². The number of ether oxygens (including phenoxy) is 2. The molecule has 3 rings (SSSR count). The van der Waals surface area contributed by atoms with Crippen molar-refractivity contribution >= 4 is 39.5 Å². The quantitative estimate of drug-likeness (QED) is 0.558. The molecule has 1 amide bonds. The smallest absolute Gasteiger partial charge is 0.328 e. The number of carbonyl (C=O) groups is 3. The van der Waals surface area contributed by atoms with Gasteiger partial charge in [-0.05, 0) is 29.8 Å². The lowest BCUT2D eigenvalue weighted by molar-refractivity contribution is -0.154. The van der Waals surface area contributed by atoms with Gasteiger partial charge in [0.1, 0.15) is 12.1 Å². The van der Waals surface area contributed by atoms with Crippen LogP contribution in [0, 0.1) is 0 Å². The van der Waals surface area contributed by atoms with Crippen molar-refractivity contribution in [2.75, 3.05) is 19.0 Å². The van der Waals surface area contributed by atoms with Gasteiger partial charge in [0.2, 0.25) is 0 Å². The summed E-state index contributed by atoms with van der Waals surface area (Å²) in [6.07, 6.45) is -2.05. The van der Waals surface area contributed by atoms with E-state index in [0.29, 0.717) is 11.3 Å². The number of carbonyl (C=O) groups excluding carboxylic acids is 3. The van der Waals surface area contributed by atoms with Crippen LogP contribution in [0.25, 0.3) is 0 Å². The fourth-order valence-corrected chi connectivity index (χ4v) is 4.03. The number of nitrogens with one attached hydrogen (secondary N) is 1. The van der Waals surface area contributed by atoms with Gasteiger partial charge in [0.05, 0.1) is 19.7 Å². The minimum Gasteiger partial charge on any atom is -0.467 e. The molecule has 0 saturated carbocycles. The molecule has 170 valence electrons. The summed E-state index contributed by atoms with van der Waals surface area (Å²) in [5.74, 6) is -1.79. The molecule has 2 aromatic carbocycles. The van der Waals surface area contributed by atoms with Crippen LogP contribution in [0.1, 0.15) is 24.9 Å². The molecule has 0 aliphatic carbocycles. The van der Waals surface area contributed by atoms with Gasteiger partial charge in [-0.15, -0.1) is 0 Å². The zero-order chi connectivity index (χ0) is 23.3. The van der Waals surface area contributed by atoms with Crippen LogP contribution in [-0.4, -0.2) is 59.8 Å². The van der Waals surface area contributed by atoms with E-state index in [-0.39, 0.29) is 13.0 Å². The Morgan fingerprint density at radius 3 is 2.38 bits per heavy atom. The molecule has 0 spiro atoms. The lowest BCUT2D eigenvalue weighted by atomic mass is 9.99. The second-order valence-corrected chi connectivity index (χ2v) is 8.40. The molecule has 8 nitrogen and oxygen atoms in total. The Kier molecular flexibility index (Phi) is 7.87. The molecule has 1 aliphatic heterocycles. The Morgan fingerprint density at radius 1 is 1.12 bits per heavy atom. The number of aliphatic hydroxyl groups is 1. The molecule has 1 heterocycles. The predicted octanol–water partition coefficient (Wildman–Crippen LogP) is 2.67. The number of aliphatic hydroxyl groups excluding tert-OH is 1. The van der Waals surface area contributed by atoms with Crippen molar-refractivity contribution < 1.29 is 29.0 Å². The van der Waals surface area contributed by atoms with Crippen molar-refractivity contribution in [3.8, 4) is 0 Å². The van der Waals surface area contributed by atoms with Gasteiger partial charge in [-0.3, -0.25) is 9.59 Å². The van der Waals surface area contributed by atoms with Gasteiger partial charge in [-0.25, -0.2) is 4.79 Å². The second kappa shape index (κ2) is 10.6. The van der Waals surface area contributed by atoms with Crippen LogP contribution in [0.15, 0.2) is 59.1 Å². The van der Waals surface area contributed by atoms with E-state index in [1.807, 2.05) is 42.5 Å². The molecular formula is C23H25BrN2O6. The number of rotatable bonds is 7. The van der Waals surface area contributed by atoms with Crippen molar-refractivity contribution in [2.24, 2.45) is 0 Å². The maximum Gasteiger partial charge on any atom is 0.328 e. The van der Waals surface area contributed by atoms with Gasteiger partial charge < -0.3 is 24.8 Å². The standard InChI is InChI=1S/C23H25BrN2O6/c1-14(27)32-18-12-19(23(30)31-2)26(13-18)22(29)21(28)20(15-6-4-3-5-7-15)25-17-10-8-16(24)9-11-17/h3-11,18-21,25,28H,12-13H2,1-2H3/t18-,19-,20-,21-/m0/s1. The number of hydrogen-bond acceptors (Lipinski definition) is 7. The largest absolute Gasteiger partial charge is 0.467 e. The van der Waals surface area contributed by atoms with E-state index in [2.05, 4.69) is 21.2 Å². The van der Waals surface area contributed by atoms with E-state index in [1.54, 1.807) is 12.1 Å². The first-order chi connectivity index (χ1) is 15.3. The van der Waals surface area contributed by atoms with Gasteiger partial charge in [-0.1, -0.05) is 46.3 Å². The third kappa shape index (κ3) is 5.66. The van der Waals surface area contributed by atoms with Crippen molar-refractivity contribution in [3.05, 3.63) is 64.6 Å².